The zero-order valence-electron chi connectivity index (χ0n) is 11.9. The number of rotatable bonds is 5. The molecule has 1 aliphatic rings. The van der Waals surface area contributed by atoms with Gasteiger partial charge < -0.3 is 10.0 Å². The fourth-order valence-corrected chi connectivity index (χ4v) is 3.23. The lowest BCUT2D eigenvalue weighted by Gasteiger charge is -2.27. The first kappa shape index (κ1) is 16.4. The quantitative estimate of drug-likeness (QED) is 0.825. The van der Waals surface area contributed by atoms with E-state index in [0.717, 1.165) is 10.5 Å². The third kappa shape index (κ3) is 3.62. The maximum absolute atomic E-state index is 13.1. The van der Waals surface area contributed by atoms with Crippen LogP contribution in [0.4, 0.5) is 3.89 Å². The molecule has 1 aromatic rings. The third-order valence-corrected chi connectivity index (χ3v) is 4.84. The first-order valence-electron chi connectivity index (χ1n) is 6.70. The molecule has 1 aliphatic heterocycles. The summed E-state index contributed by atoms with van der Waals surface area (Å²) in [4.78, 5) is 24.2. The van der Waals surface area contributed by atoms with Gasteiger partial charge in [0.05, 0.1) is 12.5 Å². The van der Waals surface area contributed by atoms with Gasteiger partial charge in [0, 0.05) is 13.0 Å². The van der Waals surface area contributed by atoms with Crippen molar-refractivity contribution in [1.29, 1.82) is 0 Å². The van der Waals surface area contributed by atoms with Crippen molar-refractivity contribution in [2.24, 2.45) is 0 Å². The Bertz CT molecular complexity index is 686. The Balaban J connectivity index is 2.32. The highest BCUT2D eigenvalue weighted by Crippen LogP contribution is 2.31. The van der Waals surface area contributed by atoms with Gasteiger partial charge in [-0.3, -0.25) is 9.59 Å². The number of carbonyl (C=O) groups is 2. The van der Waals surface area contributed by atoms with Gasteiger partial charge in [-0.05, 0) is 12.5 Å². The fraction of sp³-hybridized carbons (Fsp3) is 0.429. The summed E-state index contributed by atoms with van der Waals surface area (Å²) in [6.07, 6.45) is -0.825. The maximum Gasteiger partial charge on any atom is 0.307 e. The van der Waals surface area contributed by atoms with Crippen molar-refractivity contribution in [3.05, 3.63) is 35.4 Å². The van der Waals surface area contributed by atoms with E-state index in [-0.39, 0.29) is 13.0 Å². The zero-order valence-corrected chi connectivity index (χ0v) is 12.7. The molecule has 1 heterocycles. The molecule has 1 aromatic carbocycles. The molecule has 0 spiro atoms. The van der Waals surface area contributed by atoms with Crippen molar-refractivity contribution >= 4 is 22.1 Å². The molecular formula is C14H16FNO5S. The number of nitrogens with zero attached hydrogens (tertiary/aromatic N) is 1. The van der Waals surface area contributed by atoms with Crippen LogP contribution in [-0.2, 0) is 19.8 Å². The number of carboxylic acid groups (broad SMARTS) is 1. The number of amides is 1. The monoisotopic (exact) mass is 329 g/mol. The highest BCUT2D eigenvalue weighted by molar-refractivity contribution is 7.87. The molecule has 6 nitrogen and oxygen atoms in total. The molecule has 22 heavy (non-hydrogen) atoms. The second kappa shape index (κ2) is 6.04. The lowest BCUT2D eigenvalue weighted by molar-refractivity contribution is -0.139. The van der Waals surface area contributed by atoms with E-state index < -0.39 is 39.8 Å². The molecule has 1 fully saturated rings. The van der Waals surface area contributed by atoms with Crippen LogP contribution in [0.5, 0.6) is 0 Å². The van der Waals surface area contributed by atoms with E-state index in [4.69, 9.17) is 5.11 Å². The summed E-state index contributed by atoms with van der Waals surface area (Å²) in [5.74, 6) is -1.68. The average molecular weight is 329 g/mol. The first-order chi connectivity index (χ1) is 10.2. The van der Waals surface area contributed by atoms with Gasteiger partial charge in [0.15, 0.2) is 0 Å². The first-order valence-corrected chi connectivity index (χ1v) is 8.14. The molecule has 2 atom stereocenters. The van der Waals surface area contributed by atoms with Crippen molar-refractivity contribution in [1.82, 2.24) is 4.90 Å². The molecule has 0 radical (unpaired) electrons. The topological polar surface area (TPSA) is 91.8 Å². The van der Waals surface area contributed by atoms with E-state index in [9.17, 15) is 21.9 Å². The number of benzene rings is 1. The van der Waals surface area contributed by atoms with E-state index >= 15 is 0 Å². The van der Waals surface area contributed by atoms with E-state index in [1.807, 2.05) is 6.92 Å². The average Bonchev–Trinajstić information content (AvgIpc) is 2.79. The molecule has 1 saturated heterocycles. The number of likely N-dealkylation sites (tertiary alicyclic amines) is 1. The molecule has 120 valence electrons. The second-order valence-electron chi connectivity index (χ2n) is 5.37. The Morgan fingerprint density at radius 1 is 1.41 bits per heavy atom. The molecule has 0 aromatic heterocycles. The number of aliphatic carboxylic acids is 1. The SMILES string of the molecule is Cc1ccc(C(CC(=O)O)N2CC(S(=O)(=O)F)CC2=O)cc1. The maximum atomic E-state index is 13.1. The Morgan fingerprint density at radius 2 is 2.00 bits per heavy atom. The summed E-state index contributed by atoms with van der Waals surface area (Å²) in [5.41, 5.74) is 1.55. The normalized spacial score (nSPS) is 20.2. The lowest BCUT2D eigenvalue weighted by Crippen LogP contribution is -2.33. The van der Waals surface area contributed by atoms with Gasteiger partial charge in [-0.25, -0.2) is 0 Å². The van der Waals surface area contributed by atoms with E-state index in [2.05, 4.69) is 0 Å². The predicted molar refractivity (Wildman–Crippen MR) is 76.3 cm³/mol. The van der Waals surface area contributed by atoms with E-state index in [1.165, 1.54) is 0 Å². The number of carboxylic acids is 1. The van der Waals surface area contributed by atoms with Crippen LogP contribution in [0.2, 0.25) is 0 Å². The van der Waals surface area contributed by atoms with Crippen LogP contribution < -0.4 is 0 Å². The molecule has 1 N–H and O–H groups in total. The van der Waals surface area contributed by atoms with Gasteiger partial charge in [-0.15, -0.1) is 3.89 Å². The molecule has 2 rings (SSSR count). The zero-order chi connectivity index (χ0) is 16.5. The molecule has 0 aliphatic carbocycles. The van der Waals surface area contributed by atoms with Crippen molar-refractivity contribution in [2.75, 3.05) is 6.54 Å². The van der Waals surface area contributed by atoms with Gasteiger partial charge in [-0.2, -0.15) is 8.42 Å². The van der Waals surface area contributed by atoms with Crippen LogP contribution in [0.1, 0.15) is 30.0 Å². The summed E-state index contributed by atoms with van der Waals surface area (Å²) >= 11 is 0. The van der Waals surface area contributed by atoms with Gasteiger partial charge >= 0.3 is 16.2 Å². The Morgan fingerprint density at radius 3 is 2.45 bits per heavy atom. The smallest absolute Gasteiger partial charge is 0.307 e. The molecule has 0 saturated carbocycles. The summed E-state index contributed by atoms with van der Waals surface area (Å²) < 4.78 is 35.1. The summed E-state index contributed by atoms with van der Waals surface area (Å²) in [5, 5.41) is 7.61. The number of carbonyl (C=O) groups excluding carboxylic acids is 1. The summed E-state index contributed by atoms with van der Waals surface area (Å²) in [7, 11) is -4.83. The summed E-state index contributed by atoms with van der Waals surface area (Å²) in [6.45, 7) is 1.53. The Kier molecular flexibility index (Phi) is 4.50. The fourth-order valence-electron chi connectivity index (χ4n) is 2.55. The largest absolute Gasteiger partial charge is 0.481 e. The van der Waals surface area contributed by atoms with Crippen LogP contribution in [0, 0.1) is 6.92 Å². The molecule has 0 bridgehead atoms. The minimum atomic E-state index is -4.83. The number of hydrogen-bond donors (Lipinski definition) is 1. The van der Waals surface area contributed by atoms with Crippen molar-refractivity contribution in [3.8, 4) is 0 Å². The second-order valence-corrected chi connectivity index (χ2v) is 6.99. The number of halogens is 1. The Hall–Kier alpha value is -1.96. The predicted octanol–water partition coefficient (Wildman–Crippen LogP) is 1.41. The molecular weight excluding hydrogens is 313 g/mol. The molecule has 8 heteroatoms. The van der Waals surface area contributed by atoms with Gasteiger partial charge in [0.25, 0.3) is 0 Å². The number of aryl methyl sites for hydroxylation is 1. The van der Waals surface area contributed by atoms with Crippen molar-refractivity contribution < 1.29 is 27.0 Å². The van der Waals surface area contributed by atoms with Crippen LogP contribution in [0.25, 0.3) is 0 Å². The van der Waals surface area contributed by atoms with Crippen LogP contribution in [0.3, 0.4) is 0 Å². The van der Waals surface area contributed by atoms with Gasteiger partial charge in [-0.1, -0.05) is 29.8 Å². The highest BCUT2D eigenvalue weighted by atomic mass is 32.3. The molecule has 1 amide bonds. The van der Waals surface area contributed by atoms with E-state index in [1.54, 1.807) is 24.3 Å². The standard InChI is InChI=1S/C14H16FNO5S/c1-9-2-4-10(5-3-9)12(7-14(18)19)16-8-11(6-13(16)17)22(15,20)21/h2-5,11-12H,6-8H2,1H3,(H,18,19). The minimum absolute atomic E-state index is 0.330. The van der Waals surface area contributed by atoms with Crippen molar-refractivity contribution in [3.63, 3.8) is 0 Å². The van der Waals surface area contributed by atoms with Crippen LogP contribution in [0.15, 0.2) is 24.3 Å². The van der Waals surface area contributed by atoms with Crippen LogP contribution >= 0.6 is 0 Å². The van der Waals surface area contributed by atoms with Crippen molar-refractivity contribution in [2.45, 2.75) is 31.1 Å². The summed E-state index contributed by atoms with van der Waals surface area (Å²) in [6, 6.07) is 6.11. The van der Waals surface area contributed by atoms with Gasteiger partial charge in [0.2, 0.25) is 5.91 Å². The Labute approximate surface area is 127 Å². The third-order valence-electron chi connectivity index (χ3n) is 3.73. The highest BCUT2D eigenvalue weighted by Gasteiger charge is 2.42. The van der Waals surface area contributed by atoms with E-state index in [0.29, 0.717) is 5.56 Å². The number of hydrogen-bond acceptors (Lipinski definition) is 4. The minimum Gasteiger partial charge on any atom is -0.481 e. The molecule has 2 unspecified atom stereocenters. The van der Waals surface area contributed by atoms with Gasteiger partial charge in [0.1, 0.15) is 5.25 Å². The lowest BCUT2D eigenvalue weighted by atomic mass is 10.0. The van der Waals surface area contributed by atoms with Crippen LogP contribution in [-0.4, -0.2) is 42.1 Å².